The van der Waals surface area contributed by atoms with Gasteiger partial charge < -0.3 is 10.4 Å². The van der Waals surface area contributed by atoms with E-state index in [-0.39, 0.29) is 6.10 Å². The lowest BCUT2D eigenvalue weighted by Gasteiger charge is -2.43. The first-order valence-corrected chi connectivity index (χ1v) is 8.95. The van der Waals surface area contributed by atoms with Gasteiger partial charge in [0.15, 0.2) is 0 Å². The van der Waals surface area contributed by atoms with E-state index in [0.717, 1.165) is 19.5 Å². The van der Waals surface area contributed by atoms with Crippen molar-refractivity contribution in [2.45, 2.75) is 12.5 Å². The third kappa shape index (κ3) is 9.76. The molecule has 1 rings (SSSR count). The van der Waals surface area contributed by atoms with Crippen LogP contribution in [0.1, 0.15) is 6.42 Å². The zero-order chi connectivity index (χ0) is 21.3. The van der Waals surface area contributed by atoms with Gasteiger partial charge in [-0.2, -0.15) is 0 Å². The molecule has 1 fully saturated rings. The number of hydrogen-bond donors (Lipinski definition) is 2. The van der Waals surface area contributed by atoms with Crippen LogP contribution in [0, 0.1) is 0 Å². The summed E-state index contributed by atoms with van der Waals surface area (Å²) in [5, 5.41) is 11.7. The van der Waals surface area contributed by atoms with Gasteiger partial charge in [-0.05, 0) is 13.0 Å². The molecule has 0 aliphatic carbocycles. The van der Waals surface area contributed by atoms with Gasteiger partial charge in [-0.25, -0.2) is 0 Å². The molecule has 0 bridgehead atoms. The van der Waals surface area contributed by atoms with Crippen molar-refractivity contribution in [3.63, 3.8) is 0 Å². The Kier molecular flexibility index (Phi) is 15.0. The predicted octanol–water partition coefficient (Wildman–Crippen LogP) is -8.66. The minimum atomic E-state index is -0.879. The zero-order valence-electron chi connectivity index (χ0n) is 15.8. The molecular formula is C4H9B21NO. The molecule has 0 aromatic rings. The summed E-state index contributed by atoms with van der Waals surface area (Å²) in [5.74, 6) is 0. The Morgan fingerprint density at radius 2 is 1.11 bits per heavy atom. The van der Waals surface area contributed by atoms with E-state index in [1.54, 1.807) is 0 Å². The highest BCUT2D eigenvalue weighted by molar-refractivity contribution is 8.20. The average molecular weight is 314 g/mol. The number of hydrogen-bond acceptors (Lipinski definition) is 2. The summed E-state index contributed by atoms with van der Waals surface area (Å²) in [4.78, 5) is 0. The van der Waals surface area contributed by atoms with Gasteiger partial charge in [0.25, 0.3) is 0 Å². The maximum atomic E-state index is 8.67. The maximum Gasteiger partial charge on any atom is 0.0676 e. The van der Waals surface area contributed by atoms with Crippen LogP contribution in [-0.2, 0) is 0 Å². The van der Waals surface area contributed by atoms with Gasteiger partial charge in [-0.3, -0.25) is 0 Å². The van der Waals surface area contributed by atoms with Gasteiger partial charge in [-0.15, -0.1) is 0 Å². The molecule has 0 amide bonds. The van der Waals surface area contributed by atoms with Crippen molar-refractivity contribution in [1.82, 2.24) is 5.32 Å². The van der Waals surface area contributed by atoms with Crippen molar-refractivity contribution in [3.8, 4) is 0 Å². The van der Waals surface area contributed by atoms with Crippen molar-refractivity contribution in [1.29, 1.82) is 0 Å². The number of nitrogens with one attached hydrogen (secondary N) is 1. The summed E-state index contributed by atoms with van der Waals surface area (Å²) in [6.07, 6.45) is -5.91. The number of aliphatic hydroxyl groups excluding tert-OH is 1. The molecule has 0 unspecified atom stereocenters. The first-order valence-electron chi connectivity index (χ1n) is 8.95. The molecule has 1 aliphatic rings. The van der Waals surface area contributed by atoms with Gasteiger partial charge in [0.2, 0.25) is 0 Å². The fraction of sp³-hybridized carbons (Fsp3) is 1.00. The molecule has 0 aromatic heterocycles. The number of rotatable bonds is 9. The SMILES string of the molecule is O[C@@H]1CCNC1.[B][B]B(B([B])[B])B(B(B([B])[B])B([B])[B])B(B([B])[B])B([B])[B]. The molecule has 0 aromatic carbocycles. The summed E-state index contributed by atoms with van der Waals surface area (Å²) in [6, 6.07) is 0. The Balaban J connectivity index is 0.000000941. The molecule has 2 N–H and O–H groups in total. The average Bonchev–Trinajstić information content (AvgIpc) is 2.97. The summed E-state index contributed by atoms with van der Waals surface area (Å²) < 4.78 is 0. The van der Waals surface area contributed by atoms with Crippen LogP contribution in [0.15, 0.2) is 0 Å². The van der Waals surface area contributed by atoms with Gasteiger partial charge in [0.05, 0.1) is 6.10 Å². The molecule has 23 radical (unpaired) electrons. The fourth-order valence-corrected chi connectivity index (χ4v) is 3.46. The third-order valence-corrected chi connectivity index (χ3v) is 4.81. The maximum absolute atomic E-state index is 8.67. The topological polar surface area (TPSA) is 32.3 Å². The Bertz CT molecular complexity index is 335. The predicted molar refractivity (Wildman–Crippen MR) is 144 cm³/mol. The highest BCUT2D eigenvalue weighted by atomic mass is 16.3. The first-order chi connectivity index (χ1) is 12.4. The van der Waals surface area contributed by atoms with Gasteiger partial charge in [-0.1, -0.05) is 0 Å². The lowest BCUT2D eigenvalue weighted by atomic mass is 8.38. The van der Waals surface area contributed by atoms with Crippen molar-refractivity contribution >= 4 is 150 Å². The van der Waals surface area contributed by atoms with Crippen LogP contribution in [0.3, 0.4) is 0 Å². The van der Waals surface area contributed by atoms with Gasteiger partial charge >= 0.3 is 0 Å². The van der Waals surface area contributed by atoms with Crippen LogP contribution in [-0.4, -0.2) is 174 Å². The highest BCUT2D eigenvalue weighted by Gasteiger charge is 2.45. The van der Waals surface area contributed by atoms with Crippen molar-refractivity contribution in [3.05, 3.63) is 0 Å². The molecule has 1 aliphatic heterocycles. The Labute approximate surface area is 185 Å². The fourth-order valence-electron chi connectivity index (χ4n) is 3.46. The molecule has 1 atom stereocenters. The van der Waals surface area contributed by atoms with E-state index < -0.39 is 57.5 Å². The van der Waals surface area contributed by atoms with E-state index in [1.807, 2.05) is 0 Å². The quantitative estimate of drug-likeness (QED) is 0.415. The smallest absolute Gasteiger partial charge is 0.0676 e. The van der Waals surface area contributed by atoms with Crippen molar-refractivity contribution in [2.75, 3.05) is 13.1 Å². The highest BCUT2D eigenvalue weighted by Crippen LogP contribution is 2.07. The lowest BCUT2D eigenvalue weighted by molar-refractivity contribution is 0.196. The Morgan fingerprint density at radius 1 is 0.704 bits per heavy atom. The van der Waals surface area contributed by atoms with Crippen LogP contribution >= 0.6 is 0 Å². The second-order valence-electron chi connectivity index (χ2n) is 7.04. The van der Waals surface area contributed by atoms with Crippen LogP contribution in [0.2, 0.25) is 0 Å². The second kappa shape index (κ2) is 14.3. The van der Waals surface area contributed by atoms with Crippen molar-refractivity contribution < 1.29 is 5.11 Å². The Morgan fingerprint density at radius 3 is 1.26 bits per heavy atom. The third-order valence-electron chi connectivity index (χ3n) is 4.81. The molecule has 1 heterocycles. The monoisotopic (exact) mass is 318 g/mol. The molecule has 23 heteroatoms. The van der Waals surface area contributed by atoms with Gasteiger partial charge in [0.1, 0.15) is 0 Å². The van der Waals surface area contributed by atoms with Crippen LogP contribution in [0.5, 0.6) is 0 Å². The van der Waals surface area contributed by atoms with E-state index in [4.69, 9.17) is 90.2 Å². The molecule has 27 heavy (non-hydrogen) atoms. The standard InChI is InChI=1S/C4H9NO.B21/c6-4-1-2-5-3-4;1-12-18(13(2)3)21(19(14(4)5)15(6)7)20(16(8)9)17(10)11/h4-6H,1-3H2;/t4-;/m1./s1. The molecule has 99 valence electrons. The van der Waals surface area contributed by atoms with E-state index in [0.29, 0.717) is 0 Å². The van der Waals surface area contributed by atoms with E-state index in [9.17, 15) is 0 Å². The molecule has 0 spiro atoms. The van der Waals surface area contributed by atoms with E-state index in [1.165, 1.54) is 7.06 Å². The van der Waals surface area contributed by atoms with E-state index in [2.05, 4.69) is 5.32 Å². The lowest BCUT2D eigenvalue weighted by Crippen LogP contribution is -2.81. The molecular weight excluding hydrogens is 305 g/mol. The molecule has 0 saturated carbocycles. The van der Waals surface area contributed by atoms with Crippen LogP contribution in [0.25, 0.3) is 0 Å². The van der Waals surface area contributed by atoms with Crippen LogP contribution in [0.4, 0.5) is 0 Å². The summed E-state index contributed by atoms with van der Waals surface area (Å²) in [5.41, 5.74) is 0. The molecule has 2 nitrogen and oxygen atoms in total. The number of β-amino-alcohol motifs (C(OH)–C–C–N with tert-alkyl or cyclic N) is 1. The van der Waals surface area contributed by atoms with E-state index >= 15 is 0 Å². The summed E-state index contributed by atoms with van der Waals surface area (Å²) in [7, 11) is 64.8. The van der Waals surface area contributed by atoms with Gasteiger partial charge in [0, 0.05) is 156 Å². The largest absolute Gasteiger partial charge is 0.392 e. The summed E-state index contributed by atoms with van der Waals surface area (Å²) in [6.45, 7) is 1.78. The normalized spacial score (nSPS) is 14.8. The van der Waals surface area contributed by atoms with Crippen LogP contribution < -0.4 is 5.32 Å². The first kappa shape index (κ1) is 28.3. The minimum absolute atomic E-state index is 0.0648. The zero-order valence-corrected chi connectivity index (χ0v) is 15.8. The molecule has 1 saturated heterocycles. The van der Waals surface area contributed by atoms with Crippen molar-refractivity contribution in [2.24, 2.45) is 0 Å². The number of aliphatic hydroxyl groups is 1. The second-order valence-corrected chi connectivity index (χ2v) is 7.04. The Hall–Kier alpha value is 1.28. The summed E-state index contributed by atoms with van der Waals surface area (Å²) >= 11 is 0. The minimum Gasteiger partial charge on any atom is -0.392 e.